The molecular formula is C18H15N3O4. The minimum absolute atomic E-state index is 0.117. The number of aromatic nitrogens is 3. The molecule has 2 aromatic carbocycles. The van der Waals surface area contributed by atoms with Gasteiger partial charge < -0.3 is 9.47 Å². The monoisotopic (exact) mass is 337 g/mol. The van der Waals surface area contributed by atoms with E-state index >= 15 is 0 Å². The van der Waals surface area contributed by atoms with Crippen LogP contribution in [0, 0.1) is 0 Å². The highest BCUT2D eigenvalue weighted by Crippen LogP contribution is 2.18. The summed E-state index contributed by atoms with van der Waals surface area (Å²) in [5.74, 6) is 1.89. The Hall–Kier alpha value is -3.48. The van der Waals surface area contributed by atoms with Crippen molar-refractivity contribution >= 4 is 12.6 Å². The Labute approximate surface area is 143 Å². The average Bonchev–Trinajstić information content (AvgIpc) is 3.13. The number of nitrogens with one attached hydrogen (secondary N) is 1. The zero-order chi connectivity index (χ0) is 17.5. The van der Waals surface area contributed by atoms with Gasteiger partial charge in [0.15, 0.2) is 24.2 Å². The highest BCUT2D eigenvalue weighted by atomic mass is 16.5. The molecule has 25 heavy (non-hydrogen) atoms. The number of aldehydes is 2. The number of rotatable bonds is 8. The Bertz CT molecular complexity index is 806. The highest BCUT2D eigenvalue weighted by Gasteiger charge is 2.08. The molecular weight excluding hydrogens is 322 g/mol. The lowest BCUT2D eigenvalue weighted by molar-refractivity contribution is 0.111. The molecule has 7 heteroatoms. The first-order valence-electron chi connectivity index (χ1n) is 7.54. The number of hydrogen-bond acceptors (Lipinski definition) is 6. The number of para-hydroxylation sites is 2. The van der Waals surface area contributed by atoms with E-state index in [4.69, 9.17) is 9.47 Å². The Balaban J connectivity index is 1.59. The summed E-state index contributed by atoms with van der Waals surface area (Å²) in [6.07, 6.45) is 1.47. The molecule has 126 valence electrons. The first-order chi connectivity index (χ1) is 12.3. The minimum Gasteiger partial charge on any atom is -0.485 e. The molecule has 0 saturated heterocycles. The van der Waals surface area contributed by atoms with Crippen molar-refractivity contribution in [3.05, 3.63) is 71.3 Å². The van der Waals surface area contributed by atoms with E-state index < -0.39 is 0 Å². The molecule has 3 aromatic rings. The molecule has 0 unspecified atom stereocenters. The number of hydrogen-bond donors (Lipinski definition) is 1. The van der Waals surface area contributed by atoms with Gasteiger partial charge in [0.1, 0.15) is 24.7 Å². The Morgan fingerprint density at radius 2 is 1.40 bits per heavy atom. The summed E-state index contributed by atoms with van der Waals surface area (Å²) in [6, 6.07) is 13.8. The van der Waals surface area contributed by atoms with E-state index in [2.05, 4.69) is 15.2 Å². The molecule has 0 bridgehead atoms. The van der Waals surface area contributed by atoms with Gasteiger partial charge in [-0.05, 0) is 24.3 Å². The molecule has 0 saturated carbocycles. The number of carbonyl (C=O) groups is 2. The second-order valence-electron chi connectivity index (χ2n) is 5.09. The van der Waals surface area contributed by atoms with Gasteiger partial charge >= 0.3 is 0 Å². The number of nitrogens with zero attached hydrogens (tertiary/aromatic N) is 2. The van der Waals surface area contributed by atoms with Crippen LogP contribution in [0.15, 0.2) is 48.5 Å². The van der Waals surface area contributed by atoms with Crippen molar-refractivity contribution in [3.63, 3.8) is 0 Å². The molecule has 3 rings (SSSR count). The van der Waals surface area contributed by atoms with Gasteiger partial charge in [-0.25, -0.2) is 4.98 Å². The van der Waals surface area contributed by atoms with E-state index in [1.165, 1.54) is 0 Å². The maximum absolute atomic E-state index is 11.0. The minimum atomic E-state index is 0.117. The van der Waals surface area contributed by atoms with Crippen LogP contribution in [-0.4, -0.2) is 27.8 Å². The van der Waals surface area contributed by atoms with Crippen molar-refractivity contribution in [1.82, 2.24) is 15.2 Å². The van der Waals surface area contributed by atoms with Gasteiger partial charge in [-0.2, -0.15) is 5.10 Å². The molecule has 1 N–H and O–H groups in total. The quantitative estimate of drug-likeness (QED) is 0.635. The Morgan fingerprint density at radius 3 is 2.00 bits per heavy atom. The molecule has 0 aliphatic heterocycles. The topological polar surface area (TPSA) is 94.2 Å². The first-order valence-corrected chi connectivity index (χ1v) is 7.54. The van der Waals surface area contributed by atoms with Crippen LogP contribution in [0.1, 0.15) is 32.4 Å². The smallest absolute Gasteiger partial charge is 0.188 e. The van der Waals surface area contributed by atoms with Crippen LogP contribution in [0.4, 0.5) is 0 Å². The summed E-state index contributed by atoms with van der Waals surface area (Å²) in [4.78, 5) is 26.2. The summed E-state index contributed by atoms with van der Waals surface area (Å²) in [6.45, 7) is 0.259. The number of carbonyl (C=O) groups excluding carboxylic acids is 2. The average molecular weight is 337 g/mol. The van der Waals surface area contributed by atoms with Crippen LogP contribution >= 0.6 is 0 Å². The molecule has 7 nitrogen and oxygen atoms in total. The highest BCUT2D eigenvalue weighted by molar-refractivity contribution is 5.79. The van der Waals surface area contributed by atoms with Gasteiger partial charge in [-0.1, -0.05) is 24.3 Å². The fourth-order valence-electron chi connectivity index (χ4n) is 2.17. The lowest BCUT2D eigenvalue weighted by atomic mass is 10.2. The number of ether oxygens (including phenoxy) is 2. The van der Waals surface area contributed by atoms with Gasteiger partial charge in [-0.3, -0.25) is 14.7 Å². The molecule has 0 spiro atoms. The van der Waals surface area contributed by atoms with Crippen molar-refractivity contribution in [2.24, 2.45) is 0 Å². The van der Waals surface area contributed by atoms with Gasteiger partial charge in [0, 0.05) is 0 Å². The zero-order valence-corrected chi connectivity index (χ0v) is 13.2. The van der Waals surface area contributed by atoms with Crippen molar-refractivity contribution in [2.45, 2.75) is 13.2 Å². The molecule has 0 fully saturated rings. The lowest BCUT2D eigenvalue weighted by Crippen LogP contribution is -2.01. The normalized spacial score (nSPS) is 10.2. The lowest BCUT2D eigenvalue weighted by Gasteiger charge is -2.06. The van der Waals surface area contributed by atoms with Crippen LogP contribution in [-0.2, 0) is 13.2 Å². The molecule has 0 aliphatic rings. The van der Waals surface area contributed by atoms with Crippen molar-refractivity contribution in [1.29, 1.82) is 0 Å². The maximum Gasteiger partial charge on any atom is 0.188 e. The van der Waals surface area contributed by atoms with Gasteiger partial charge in [-0.15, -0.1) is 0 Å². The largest absolute Gasteiger partial charge is 0.485 e. The van der Waals surface area contributed by atoms with Gasteiger partial charge in [0.25, 0.3) is 0 Å². The van der Waals surface area contributed by atoms with Crippen molar-refractivity contribution < 1.29 is 19.1 Å². The third kappa shape index (κ3) is 4.08. The number of H-pyrrole nitrogens is 1. The number of aromatic amines is 1. The summed E-state index contributed by atoms with van der Waals surface area (Å²) in [7, 11) is 0. The first kappa shape index (κ1) is 16.4. The van der Waals surface area contributed by atoms with E-state index in [0.29, 0.717) is 34.3 Å². The van der Waals surface area contributed by atoms with Crippen LogP contribution in [0.25, 0.3) is 0 Å². The van der Waals surface area contributed by atoms with Crippen LogP contribution < -0.4 is 9.47 Å². The Morgan fingerprint density at radius 1 is 0.840 bits per heavy atom. The summed E-state index contributed by atoms with van der Waals surface area (Å²) < 4.78 is 11.1. The summed E-state index contributed by atoms with van der Waals surface area (Å²) in [5, 5.41) is 6.80. The molecule has 0 amide bonds. The Kier molecular flexibility index (Phi) is 5.16. The number of benzene rings is 2. The van der Waals surface area contributed by atoms with Gasteiger partial charge in [0.05, 0.1) is 11.1 Å². The fraction of sp³-hybridized carbons (Fsp3) is 0.111. The molecule has 0 aliphatic carbocycles. The van der Waals surface area contributed by atoms with Crippen molar-refractivity contribution in [3.8, 4) is 11.5 Å². The molecule has 1 heterocycles. The van der Waals surface area contributed by atoms with Gasteiger partial charge in [0.2, 0.25) is 0 Å². The molecule has 0 radical (unpaired) electrons. The van der Waals surface area contributed by atoms with Crippen molar-refractivity contribution in [2.75, 3.05) is 0 Å². The third-order valence-corrected chi connectivity index (χ3v) is 3.39. The second-order valence-corrected chi connectivity index (χ2v) is 5.09. The SMILES string of the molecule is O=Cc1ccccc1OCc1n[nH]c(COc2ccccc2C=O)n1. The summed E-state index contributed by atoms with van der Waals surface area (Å²) >= 11 is 0. The summed E-state index contributed by atoms with van der Waals surface area (Å²) in [5.41, 5.74) is 0.933. The van der Waals surface area contributed by atoms with E-state index in [9.17, 15) is 9.59 Å². The van der Waals surface area contributed by atoms with Crippen LogP contribution in [0.2, 0.25) is 0 Å². The molecule has 0 atom stereocenters. The fourth-order valence-corrected chi connectivity index (χ4v) is 2.17. The standard InChI is InChI=1S/C18H15N3O4/c22-9-13-5-1-3-7-15(13)24-11-17-19-18(21-20-17)12-25-16-8-4-2-6-14(16)10-23/h1-10H,11-12H2,(H,19,20,21). The third-order valence-electron chi connectivity index (χ3n) is 3.39. The van der Waals surface area contributed by atoms with E-state index in [0.717, 1.165) is 12.6 Å². The zero-order valence-electron chi connectivity index (χ0n) is 13.2. The van der Waals surface area contributed by atoms with Crippen LogP contribution in [0.3, 0.4) is 0 Å². The van der Waals surface area contributed by atoms with Crippen LogP contribution in [0.5, 0.6) is 11.5 Å². The van der Waals surface area contributed by atoms with E-state index in [1.807, 2.05) is 0 Å². The predicted molar refractivity (Wildman–Crippen MR) is 88.7 cm³/mol. The predicted octanol–water partition coefficient (Wildman–Crippen LogP) is 2.59. The maximum atomic E-state index is 11.0. The van der Waals surface area contributed by atoms with E-state index in [1.54, 1.807) is 48.5 Å². The second kappa shape index (κ2) is 7.87. The molecule has 1 aromatic heterocycles. The van der Waals surface area contributed by atoms with E-state index in [-0.39, 0.29) is 13.2 Å².